The van der Waals surface area contributed by atoms with Gasteiger partial charge in [0.1, 0.15) is 0 Å². The molecule has 1 saturated heterocycles. The fraction of sp³-hybridized carbons (Fsp3) is 0.353. The van der Waals surface area contributed by atoms with Gasteiger partial charge in [0.05, 0.1) is 11.3 Å². The van der Waals surface area contributed by atoms with E-state index in [-0.39, 0.29) is 5.56 Å². The van der Waals surface area contributed by atoms with E-state index in [4.69, 9.17) is 5.11 Å². The molecule has 0 aliphatic carbocycles. The molecule has 1 atom stereocenters. The van der Waals surface area contributed by atoms with E-state index in [9.17, 15) is 4.79 Å². The molecule has 1 aliphatic rings. The number of hydrogen-bond acceptors (Lipinski definition) is 4. The van der Waals surface area contributed by atoms with E-state index in [1.54, 1.807) is 6.92 Å². The van der Waals surface area contributed by atoms with Gasteiger partial charge in [0.25, 0.3) is 0 Å². The summed E-state index contributed by atoms with van der Waals surface area (Å²) in [5.41, 5.74) is 2.04. The highest BCUT2D eigenvalue weighted by Crippen LogP contribution is 2.24. The predicted octanol–water partition coefficient (Wildman–Crippen LogP) is 2.55. The second kappa shape index (κ2) is 6.13. The summed E-state index contributed by atoms with van der Waals surface area (Å²) in [6.07, 6.45) is 3.58. The first-order valence-corrected chi connectivity index (χ1v) is 7.49. The van der Waals surface area contributed by atoms with Crippen molar-refractivity contribution in [3.8, 4) is 0 Å². The van der Waals surface area contributed by atoms with Crippen molar-refractivity contribution in [3.05, 3.63) is 53.3 Å². The van der Waals surface area contributed by atoms with Crippen LogP contribution in [0, 0.1) is 12.8 Å². The third kappa shape index (κ3) is 3.08. The van der Waals surface area contributed by atoms with E-state index in [0.29, 0.717) is 17.6 Å². The van der Waals surface area contributed by atoms with Gasteiger partial charge in [-0.3, -0.25) is 0 Å². The minimum atomic E-state index is -0.979. The molecule has 3 rings (SSSR count). The van der Waals surface area contributed by atoms with Crippen LogP contribution in [0.2, 0.25) is 0 Å². The number of aromatic nitrogens is 2. The molecule has 22 heavy (non-hydrogen) atoms. The van der Waals surface area contributed by atoms with Crippen molar-refractivity contribution in [2.45, 2.75) is 19.8 Å². The minimum Gasteiger partial charge on any atom is -0.478 e. The number of aromatic carboxylic acids is 1. The summed E-state index contributed by atoms with van der Waals surface area (Å²) in [6, 6.07) is 10.5. The zero-order valence-corrected chi connectivity index (χ0v) is 12.6. The Bertz CT molecular complexity index is 673. The molecule has 0 spiro atoms. The van der Waals surface area contributed by atoms with Gasteiger partial charge < -0.3 is 10.0 Å². The average molecular weight is 297 g/mol. The summed E-state index contributed by atoms with van der Waals surface area (Å²) in [5, 5.41) is 9.03. The SMILES string of the molecule is Cc1nc(N2CCC(Cc3ccccc3)C2)ncc1C(=O)O. The molecule has 2 aromatic rings. The van der Waals surface area contributed by atoms with Gasteiger partial charge in [0.2, 0.25) is 5.95 Å². The summed E-state index contributed by atoms with van der Waals surface area (Å²) in [5.74, 6) is 0.246. The summed E-state index contributed by atoms with van der Waals surface area (Å²) < 4.78 is 0. The van der Waals surface area contributed by atoms with Crippen LogP contribution in [-0.2, 0) is 6.42 Å². The van der Waals surface area contributed by atoms with Crippen molar-refractivity contribution >= 4 is 11.9 Å². The second-order valence-corrected chi connectivity index (χ2v) is 5.76. The molecule has 114 valence electrons. The van der Waals surface area contributed by atoms with Crippen LogP contribution in [0.4, 0.5) is 5.95 Å². The van der Waals surface area contributed by atoms with E-state index in [1.807, 2.05) is 6.07 Å². The topological polar surface area (TPSA) is 66.3 Å². The van der Waals surface area contributed by atoms with E-state index < -0.39 is 5.97 Å². The Labute approximate surface area is 129 Å². The lowest BCUT2D eigenvalue weighted by Gasteiger charge is -2.17. The van der Waals surface area contributed by atoms with Gasteiger partial charge in [0.15, 0.2) is 0 Å². The number of benzene rings is 1. The van der Waals surface area contributed by atoms with Gasteiger partial charge in [-0.15, -0.1) is 0 Å². The van der Waals surface area contributed by atoms with E-state index in [0.717, 1.165) is 25.9 Å². The first-order chi connectivity index (χ1) is 10.6. The van der Waals surface area contributed by atoms with Gasteiger partial charge in [-0.1, -0.05) is 30.3 Å². The van der Waals surface area contributed by atoms with Crippen molar-refractivity contribution in [1.82, 2.24) is 9.97 Å². The molecule has 5 nitrogen and oxygen atoms in total. The van der Waals surface area contributed by atoms with Crippen LogP contribution >= 0.6 is 0 Å². The Kier molecular flexibility index (Phi) is 4.04. The van der Waals surface area contributed by atoms with Crippen molar-refractivity contribution < 1.29 is 9.90 Å². The number of hydrogen-bond donors (Lipinski definition) is 1. The molecule has 0 radical (unpaired) electrons. The first kappa shape index (κ1) is 14.5. The van der Waals surface area contributed by atoms with Gasteiger partial charge >= 0.3 is 5.97 Å². The van der Waals surface area contributed by atoms with Gasteiger partial charge in [-0.2, -0.15) is 0 Å². The highest BCUT2D eigenvalue weighted by molar-refractivity contribution is 5.88. The Morgan fingerprint density at radius 2 is 2.14 bits per heavy atom. The lowest BCUT2D eigenvalue weighted by molar-refractivity contribution is 0.0695. The van der Waals surface area contributed by atoms with Gasteiger partial charge in [-0.25, -0.2) is 14.8 Å². The van der Waals surface area contributed by atoms with Gasteiger partial charge in [-0.05, 0) is 31.2 Å². The molecule has 1 N–H and O–H groups in total. The Balaban J connectivity index is 1.67. The van der Waals surface area contributed by atoms with Crippen molar-refractivity contribution in [2.24, 2.45) is 5.92 Å². The lowest BCUT2D eigenvalue weighted by Crippen LogP contribution is -2.23. The number of carbonyl (C=O) groups is 1. The summed E-state index contributed by atoms with van der Waals surface area (Å²) in [6.45, 7) is 3.55. The highest BCUT2D eigenvalue weighted by Gasteiger charge is 2.25. The van der Waals surface area contributed by atoms with E-state index in [1.165, 1.54) is 11.8 Å². The average Bonchev–Trinajstić information content (AvgIpc) is 2.96. The monoisotopic (exact) mass is 297 g/mol. The van der Waals surface area contributed by atoms with Crippen molar-refractivity contribution in [1.29, 1.82) is 0 Å². The van der Waals surface area contributed by atoms with Crippen LogP contribution in [0.15, 0.2) is 36.5 Å². The zero-order valence-electron chi connectivity index (χ0n) is 12.6. The third-order valence-corrected chi connectivity index (χ3v) is 4.13. The maximum atomic E-state index is 11.0. The molecule has 0 bridgehead atoms. The molecule has 5 heteroatoms. The smallest absolute Gasteiger partial charge is 0.339 e. The maximum absolute atomic E-state index is 11.0. The molecule has 2 heterocycles. The van der Waals surface area contributed by atoms with Crippen LogP contribution in [0.3, 0.4) is 0 Å². The number of rotatable bonds is 4. The van der Waals surface area contributed by atoms with Crippen LogP contribution < -0.4 is 4.90 Å². The Morgan fingerprint density at radius 1 is 1.36 bits per heavy atom. The minimum absolute atomic E-state index is 0.170. The second-order valence-electron chi connectivity index (χ2n) is 5.76. The third-order valence-electron chi connectivity index (χ3n) is 4.13. The zero-order chi connectivity index (χ0) is 15.5. The first-order valence-electron chi connectivity index (χ1n) is 7.49. The van der Waals surface area contributed by atoms with Gasteiger partial charge in [0, 0.05) is 19.3 Å². The van der Waals surface area contributed by atoms with Crippen LogP contribution in [0.5, 0.6) is 0 Å². The number of carboxylic acid groups (broad SMARTS) is 1. The molecule has 1 aromatic heterocycles. The fourth-order valence-corrected chi connectivity index (χ4v) is 2.95. The van der Waals surface area contributed by atoms with E-state index >= 15 is 0 Å². The molecular formula is C17H19N3O2. The molecule has 1 fully saturated rings. The van der Waals surface area contributed by atoms with Crippen LogP contribution in [0.25, 0.3) is 0 Å². The van der Waals surface area contributed by atoms with E-state index in [2.05, 4.69) is 39.1 Å². The largest absolute Gasteiger partial charge is 0.478 e. The number of carboxylic acids is 1. The van der Waals surface area contributed by atoms with Crippen LogP contribution in [0.1, 0.15) is 28.0 Å². The number of aryl methyl sites for hydroxylation is 1. The van der Waals surface area contributed by atoms with Crippen LogP contribution in [-0.4, -0.2) is 34.1 Å². The molecule has 1 aromatic carbocycles. The fourth-order valence-electron chi connectivity index (χ4n) is 2.95. The molecule has 1 unspecified atom stereocenters. The lowest BCUT2D eigenvalue weighted by atomic mass is 9.99. The summed E-state index contributed by atoms with van der Waals surface area (Å²) in [4.78, 5) is 21.7. The predicted molar refractivity (Wildman–Crippen MR) is 84.2 cm³/mol. The molecule has 1 aliphatic heterocycles. The Hall–Kier alpha value is -2.43. The maximum Gasteiger partial charge on any atom is 0.339 e. The summed E-state index contributed by atoms with van der Waals surface area (Å²) in [7, 11) is 0. The molecule has 0 amide bonds. The normalized spacial score (nSPS) is 17.7. The quantitative estimate of drug-likeness (QED) is 0.939. The molecule has 0 saturated carbocycles. The summed E-state index contributed by atoms with van der Waals surface area (Å²) >= 11 is 0. The number of anilines is 1. The Morgan fingerprint density at radius 3 is 2.82 bits per heavy atom. The standard InChI is InChI=1S/C17H19N3O2/c1-12-15(16(21)22)10-18-17(19-12)20-8-7-14(11-20)9-13-5-3-2-4-6-13/h2-6,10,14H,7-9,11H2,1H3,(H,21,22). The molecular weight excluding hydrogens is 278 g/mol. The highest BCUT2D eigenvalue weighted by atomic mass is 16.4. The number of nitrogens with zero attached hydrogens (tertiary/aromatic N) is 3. The van der Waals surface area contributed by atoms with Crippen molar-refractivity contribution in [2.75, 3.05) is 18.0 Å². The van der Waals surface area contributed by atoms with Crippen molar-refractivity contribution in [3.63, 3.8) is 0 Å².